The standard InChI is InChI=1S/C19H23FN4O/c20-16-4-7-18(8-5-16)25-14-15-3-6-17-13-24(11-10-23(17)12-15)19-2-1-9-21-22-19/h1-2,4-5,7-9,15,17H,3,6,10-14H2/t15?,17-/m0/s1. The molecule has 1 aromatic carbocycles. The van der Waals surface area contributed by atoms with Crippen LogP contribution in [0.4, 0.5) is 10.2 Å². The number of aromatic nitrogens is 2. The number of hydrogen-bond acceptors (Lipinski definition) is 5. The molecule has 0 amide bonds. The molecule has 0 bridgehead atoms. The van der Waals surface area contributed by atoms with Crippen LogP contribution in [-0.4, -0.2) is 53.9 Å². The molecule has 6 heteroatoms. The number of benzene rings is 1. The summed E-state index contributed by atoms with van der Waals surface area (Å²) in [6.07, 6.45) is 4.05. The predicted molar refractivity (Wildman–Crippen MR) is 94.2 cm³/mol. The second-order valence-corrected chi connectivity index (χ2v) is 6.88. The average molecular weight is 342 g/mol. The fourth-order valence-corrected chi connectivity index (χ4v) is 3.81. The smallest absolute Gasteiger partial charge is 0.151 e. The fraction of sp³-hybridized carbons (Fsp3) is 0.474. The Morgan fingerprint density at radius 1 is 1.08 bits per heavy atom. The molecule has 2 aliphatic heterocycles. The van der Waals surface area contributed by atoms with Crippen molar-refractivity contribution in [3.8, 4) is 5.75 Å². The van der Waals surface area contributed by atoms with Gasteiger partial charge in [0.2, 0.25) is 0 Å². The van der Waals surface area contributed by atoms with Crippen LogP contribution in [0.3, 0.4) is 0 Å². The van der Waals surface area contributed by atoms with Gasteiger partial charge in [0.15, 0.2) is 5.82 Å². The highest BCUT2D eigenvalue weighted by molar-refractivity contribution is 5.37. The van der Waals surface area contributed by atoms with Crippen molar-refractivity contribution in [3.05, 3.63) is 48.4 Å². The number of piperazine rings is 1. The Morgan fingerprint density at radius 3 is 2.76 bits per heavy atom. The van der Waals surface area contributed by atoms with E-state index in [4.69, 9.17) is 4.74 Å². The number of hydrogen-bond donors (Lipinski definition) is 0. The van der Waals surface area contributed by atoms with E-state index in [9.17, 15) is 4.39 Å². The van der Waals surface area contributed by atoms with Crippen molar-refractivity contribution in [1.82, 2.24) is 15.1 Å². The number of nitrogens with zero attached hydrogens (tertiary/aromatic N) is 4. The van der Waals surface area contributed by atoms with Gasteiger partial charge in [0.1, 0.15) is 11.6 Å². The summed E-state index contributed by atoms with van der Waals surface area (Å²) in [5.74, 6) is 2.03. The maximum Gasteiger partial charge on any atom is 0.151 e. The number of fused-ring (bicyclic) bond motifs is 1. The summed E-state index contributed by atoms with van der Waals surface area (Å²) in [4.78, 5) is 4.92. The van der Waals surface area contributed by atoms with Gasteiger partial charge in [0, 0.05) is 44.3 Å². The molecule has 25 heavy (non-hydrogen) atoms. The van der Waals surface area contributed by atoms with Gasteiger partial charge in [-0.2, -0.15) is 5.10 Å². The van der Waals surface area contributed by atoms with Crippen LogP contribution in [0.15, 0.2) is 42.6 Å². The van der Waals surface area contributed by atoms with Crippen molar-refractivity contribution < 1.29 is 9.13 Å². The summed E-state index contributed by atoms with van der Waals surface area (Å²) >= 11 is 0. The minimum atomic E-state index is -0.228. The highest BCUT2D eigenvalue weighted by Gasteiger charge is 2.33. The molecule has 3 heterocycles. The molecule has 2 atom stereocenters. The third-order valence-corrected chi connectivity index (χ3v) is 5.19. The average Bonchev–Trinajstić information content (AvgIpc) is 2.68. The Hall–Kier alpha value is -2.21. The maximum absolute atomic E-state index is 12.9. The lowest BCUT2D eigenvalue weighted by Gasteiger charge is -2.46. The van der Waals surface area contributed by atoms with E-state index < -0.39 is 0 Å². The van der Waals surface area contributed by atoms with Crippen LogP contribution in [0.5, 0.6) is 5.75 Å². The normalized spacial score (nSPS) is 24.0. The van der Waals surface area contributed by atoms with E-state index in [2.05, 4.69) is 20.0 Å². The molecule has 132 valence electrons. The molecule has 4 rings (SSSR count). The molecule has 2 fully saturated rings. The first kappa shape index (κ1) is 16.3. The quantitative estimate of drug-likeness (QED) is 0.854. The zero-order chi connectivity index (χ0) is 17.1. The largest absolute Gasteiger partial charge is 0.493 e. The van der Waals surface area contributed by atoms with Gasteiger partial charge in [-0.3, -0.25) is 4.90 Å². The highest BCUT2D eigenvalue weighted by Crippen LogP contribution is 2.27. The van der Waals surface area contributed by atoms with Crippen LogP contribution in [0.2, 0.25) is 0 Å². The lowest BCUT2D eigenvalue weighted by atomic mass is 9.91. The number of halogens is 1. The first-order valence-corrected chi connectivity index (χ1v) is 8.93. The molecular formula is C19H23FN4O. The first-order valence-electron chi connectivity index (χ1n) is 8.93. The van der Waals surface area contributed by atoms with E-state index in [1.807, 2.05) is 12.1 Å². The molecular weight excluding hydrogens is 319 g/mol. The monoisotopic (exact) mass is 342 g/mol. The minimum Gasteiger partial charge on any atom is -0.493 e. The zero-order valence-electron chi connectivity index (χ0n) is 14.2. The molecule has 2 aromatic rings. The summed E-state index contributed by atoms with van der Waals surface area (Å²) in [7, 11) is 0. The number of ether oxygens (including phenoxy) is 1. The van der Waals surface area contributed by atoms with E-state index in [0.29, 0.717) is 18.6 Å². The van der Waals surface area contributed by atoms with Crippen molar-refractivity contribution in [2.24, 2.45) is 5.92 Å². The summed E-state index contributed by atoms with van der Waals surface area (Å²) in [5, 5.41) is 8.22. The third kappa shape index (κ3) is 3.90. The van der Waals surface area contributed by atoms with Gasteiger partial charge in [-0.25, -0.2) is 4.39 Å². The van der Waals surface area contributed by atoms with Gasteiger partial charge >= 0.3 is 0 Å². The molecule has 0 radical (unpaired) electrons. The molecule has 5 nitrogen and oxygen atoms in total. The molecule has 1 aromatic heterocycles. The fourth-order valence-electron chi connectivity index (χ4n) is 3.81. The Morgan fingerprint density at radius 2 is 1.96 bits per heavy atom. The van der Waals surface area contributed by atoms with E-state index >= 15 is 0 Å². The molecule has 0 saturated carbocycles. The van der Waals surface area contributed by atoms with Crippen molar-refractivity contribution in [3.63, 3.8) is 0 Å². The van der Waals surface area contributed by atoms with E-state index in [1.54, 1.807) is 18.3 Å². The summed E-state index contributed by atoms with van der Waals surface area (Å²) in [6.45, 7) is 4.82. The van der Waals surface area contributed by atoms with Gasteiger partial charge in [-0.1, -0.05) is 0 Å². The minimum absolute atomic E-state index is 0.228. The van der Waals surface area contributed by atoms with Gasteiger partial charge in [0.05, 0.1) is 6.61 Å². The lowest BCUT2D eigenvalue weighted by molar-refractivity contribution is 0.0727. The van der Waals surface area contributed by atoms with Crippen molar-refractivity contribution in [1.29, 1.82) is 0 Å². The van der Waals surface area contributed by atoms with Crippen LogP contribution in [0.1, 0.15) is 12.8 Å². The van der Waals surface area contributed by atoms with E-state index in [0.717, 1.165) is 44.2 Å². The van der Waals surface area contributed by atoms with Crippen LogP contribution in [0.25, 0.3) is 0 Å². The molecule has 0 aliphatic carbocycles. The Balaban J connectivity index is 1.29. The number of piperidine rings is 1. The number of anilines is 1. The second kappa shape index (κ2) is 7.35. The summed E-state index contributed by atoms with van der Waals surface area (Å²) in [6, 6.07) is 10.8. The second-order valence-electron chi connectivity index (χ2n) is 6.88. The molecule has 0 spiro atoms. The Labute approximate surface area is 147 Å². The van der Waals surface area contributed by atoms with E-state index in [1.165, 1.54) is 18.6 Å². The van der Waals surface area contributed by atoms with Crippen LogP contribution < -0.4 is 9.64 Å². The molecule has 0 N–H and O–H groups in total. The summed E-state index contributed by atoms with van der Waals surface area (Å²) in [5.41, 5.74) is 0. The van der Waals surface area contributed by atoms with Gasteiger partial charge < -0.3 is 9.64 Å². The Bertz CT molecular complexity index is 682. The van der Waals surface area contributed by atoms with Crippen LogP contribution >= 0.6 is 0 Å². The molecule has 2 saturated heterocycles. The zero-order valence-corrected chi connectivity index (χ0v) is 14.2. The molecule has 1 unspecified atom stereocenters. The first-order chi connectivity index (χ1) is 12.3. The predicted octanol–water partition coefficient (Wildman–Crippen LogP) is 2.60. The van der Waals surface area contributed by atoms with Gasteiger partial charge in [0.25, 0.3) is 0 Å². The highest BCUT2D eigenvalue weighted by atomic mass is 19.1. The van der Waals surface area contributed by atoms with Gasteiger partial charge in [-0.05, 0) is 49.2 Å². The topological polar surface area (TPSA) is 41.5 Å². The van der Waals surface area contributed by atoms with Crippen LogP contribution in [-0.2, 0) is 0 Å². The lowest BCUT2D eigenvalue weighted by Crippen LogP contribution is -2.57. The van der Waals surface area contributed by atoms with Crippen molar-refractivity contribution in [2.75, 3.05) is 37.7 Å². The van der Waals surface area contributed by atoms with E-state index in [-0.39, 0.29) is 5.82 Å². The maximum atomic E-state index is 12.9. The SMILES string of the molecule is Fc1ccc(OCC2CC[C@H]3CN(c4cccnn4)CCN3C2)cc1. The van der Waals surface area contributed by atoms with Gasteiger partial charge in [-0.15, -0.1) is 5.10 Å². The van der Waals surface area contributed by atoms with Crippen LogP contribution in [0, 0.1) is 11.7 Å². The van der Waals surface area contributed by atoms with Crippen molar-refractivity contribution >= 4 is 5.82 Å². The Kier molecular flexibility index (Phi) is 4.78. The molecule has 2 aliphatic rings. The number of rotatable bonds is 4. The van der Waals surface area contributed by atoms with Crippen molar-refractivity contribution in [2.45, 2.75) is 18.9 Å². The summed E-state index contributed by atoms with van der Waals surface area (Å²) < 4.78 is 18.8. The third-order valence-electron chi connectivity index (χ3n) is 5.19.